The molecule has 0 unspecified atom stereocenters. The second-order valence-corrected chi connectivity index (χ2v) is 6.61. The van der Waals surface area contributed by atoms with Crippen molar-refractivity contribution >= 4 is 33.6 Å². The highest BCUT2D eigenvalue weighted by atomic mass is 32.2. The number of hydrogen-bond acceptors (Lipinski definition) is 7. The summed E-state index contributed by atoms with van der Waals surface area (Å²) in [4.78, 5) is 0.685. The van der Waals surface area contributed by atoms with Gasteiger partial charge >= 0.3 is 0 Å². The zero-order chi connectivity index (χ0) is 25.1. The molecule has 6 nitrogen and oxygen atoms in total. The van der Waals surface area contributed by atoms with Gasteiger partial charge < -0.3 is 5.11 Å². The van der Waals surface area contributed by atoms with Gasteiger partial charge in [0.2, 0.25) is 0 Å². The molecule has 0 aliphatic heterocycles. The summed E-state index contributed by atoms with van der Waals surface area (Å²) < 4.78 is 4.37. The van der Waals surface area contributed by atoms with E-state index in [4.69, 9.17) is 10.8 Å². The zero-order valence-corrected chi connectivity index (χ0v) is 20.9. The van der Waals surface area contributed by atoms with Crippen molar-refractivity contribution in [1.29, 1.82) is 5.53 Å². The first-order chi connectivity index (χ1) is 16.1. The summed E-state index contributed by atoms with van der Waals surface area (Å²) in [5, 5.41) is 28.7. The van der Waals surface area contributed by atoms with E-state index >= 15 is 0 Å². The molecule has 0 aliphatic carbocycles. The van der Waals surface area contributed by atoms with Crippen LogP contribution < -0.4 is 0 Å². The van der Waals surface area contributed by atoms with E-state index in [1.54, 1.807) is 6.92 Å². The first-order valence-electron chi connectivity index (χ1n) is 10.7. The summed E-state index contributed by atoms with van der Waals surface area (Å²) in [7, 11) is 1.42. The van der Waals surface area contributed by atoms with Gasteiger partial charge in [0.15, 0.2) is 0 Å². The van der Waals surface area contributed by atoms with Crippen molar-refractivity contribution in [1.82, 2.24) is 0 Å². The van der Waals surface area contributed by atoms with Crippen LogP contribution in [0.3, 0.4) is 0 Å². The third kappa shape index (κ3) is 10.0. The summed E-state index contributed by atoms with van der Waals surface area (Å²) >= 11 is 0.844. The summed E-state index contributed by atoms with van der Waals surface area (Å²) in [6.45, 7) is 9.77. The highest BCUT2D eigenvalue weighted by molar-refractivity contribution is 7.94. The largest absolute Gasteiger partial charge is 0.507 e. The second kappa shape index (κ2) is 18.6. The van der Waals surface area contributed by atoms with Crippen molar-refractivity contribution < 1.29 is 19.7 Å². The Morgan fingerprint density at radius 1 is 0.788 bits per heavy atom. The lowest BCUT2D eigenvalue weighted by atomic mass is 10.1. The van der Waals surface area contributed by atoms with E-state index in [-0.39, 0.29) is 5.75 Å². The van der Waals surface area contributed by atoms with Crippen molar-refractivity contribution in [3.8, 4) is 5.75 Å². The molecule has 0 heterocycles. The van der Waals surface area contributed by atoms with Crippen LogP contribution in [0.1, 0.15) is 33.3 Å². The van der Waals surface area contributed by atoms with Crippen LogP contribution in [-0.2, 0) is 9.37 Å². The quantitative estimate of drug-likeness (QED) is 0.120. The van der Waals surface area contributed by atoms with Crippen LogP contribution in [0.4, 0.5) is 0 Å². The van der Waals surface area contributed by atoms with E-state index < -0.39 is 0 Å². The van der Waals surface area contributed by atoms with Crippen LogP contribution in [0, 0.1) is 12.5 Å². The summed E-state index contributed by atoms with van der Waals surface area (Å²) in [6, 6.07) is 26.0. The van der Waals surface area contributed by atoms with Gasteiger partial charge in [-0.1, -0.05) is 106 Å². The number of phenols is 1. The maximum Gasteiger partial charge on any atom is 0.127 e. The van der Waals surface area contributed by atoms with Gasteiger partial charge in [-0.2, -0.15) is 0 Å². The molecule has 3 N–H and O–H groups in total. The molecule has 0 saturated carbocycles. The van der Waals surface area contributed by atoms with Gasteiger partial charge in [-0.3, -0.25) is 0 Å². The molecule has 7 heteroatoms. The maximum atomic E-state index is 9.97. The Morgan fingerprint density at radius 3 is 1.61 bits per heavy atom. The summed E-state index contributed by atoms with van der Waals surface area (Å²) in [6.07, 6.45) is 0. The smallest absolute Gasteiger partial charge is 0.127 e. The Kier molecular flexibility index (Phi) is 16.9. The number of hydrogen-bond donors (Lipinski definition) is 3. The van der Waals surface area contributed by atoms with Gasteiger partial charge in [-0.25, -0.2) is 15.9 Å². The maximum absolute atomic E-state index is 9.97. The lowest BCUT2D eigenvalue weighted by molar-refractivity contribution is -0.432. The van der Waals surface area contributed by atoms with Gasteiger partial charge in [-0.15, -0.1) is 4.33 Å². The van der Waals surface area contributed by atoms with Gasteiger partial charge in [0.25, 0.3) is 0 Å². The number of nitrogens with one attached hydrogen (secondary N) is 1. The number of nitrogens with zero attached hydrogens (tertiary/aromatic N) is 1. The number of aromatic hydroxyl groups is 1. The molecule has 178 valence electrons. The zero-order valence-electron chi connectivity index (χ0n) is 20.1. The Morgan fingerprint density at radius 2 is 1.18 bits per heavy atom. The minimum Gasteiger partial charge on any atom is -0.507 e. The van der Waals surface area contributed by atoms with E-state index in [9.17, 15) is 5.11 Å². The lowest BCUT2D eigenvalue weighted by Crippen LogP contribution is -1.86. The third-order valence-corrected chi connectivity index (χ3v) is 4.77. The Balaban J connectivity index is 0.000000515. The molecule has 4 aromatic carbocycles. The Bertz CT molecular complexity index is 1010. The minimum atomic E-state index is 0.210. The Labute approximate surface area is 200 Å². The van der Waals surface area contributed by atoms with E-state index in [0.717, 1.165) is 22.8 Å². The fourth-order valence-corrected chi connectivity index (χ4v) is 3.18. The standard InChI is InChI=1S/C11H10O4S.C10H8.2C2H6.CH4N2/c1-7-10(16-15-14-13)6-8-4-2-3-5-9(8)11(7)12;1-2-6-10-8-4-3-7-9(10)5-1;2*1-2;1-3-2/h2-6,12-13H,1H3;1-8H;2*1-2H3;2H,1H3. The average molecular weight is 471 g/mol. The molecule has 33 heavy (non-hydrogen) atoms. The van der Waals surface area contributed by atoms with E-state index in [0.29, 0.717) is 10.5 Å². The minimum absolute atomic E-state index is 0.210. The monoisotopic (exact) mass is 470 g/mol. The second-order valence-electron chi connectivity index (χ2n) is 5.87. The first-order valence-corrected chi connectivity index (χ1v) is 11.4. The fourth-order valence-electron chi connectivity index (χ4n) is 2.68. The lowest BCUT2D eigenvalue weighted by Gasteiger charge is -2.08. The number of rotatable bonds is 3. The molecule has 0 atom stereocenters. The first kappa shape index (κ1) is 30.0. The molecule has 4 rings (SSSR count). The Hall–Kier alpha value is -2.97. The van der Waals surface area contributed by atoms with Gasteiger partial charge in [0, 0.05) is 22.9 Å². The number of phenolic OH excluding ortho intramolecular Hbond substituents is 1. The summed E-state index contributed by atoms with van der Waals surface area (Å²) in [5.41, 5.74) is 6.51. The molecule has 0 bridgehead atoms. The van der Waals surface area contributed by atoms with E-state index in [2.05, 4.69) is 63.0 Å². The summed E-state index contributed by atoms with van der Waals surface area (Å²) in [5.74, 6) is 0.210. The molecular formula is C26H34N2O4S. The molecule has 0 amide bonds. The van der Waals surface area contributed by atoms with E-state index in [1.165, 1.54) is 17.8 Å². The topological polar surface area (TPSA) is 95.1 Å². The molecule has 0 aliphatic rings. The fraction of sp³-hybridized carbons (Fsp3) is 0.231. The van der Waals surface area contributed by atoms with Gasteiger partial charge in [-0.05, 0) is 29.1 Å². The SMILES string of the molecule is CC.CC.CN=N.Cc1c(SOOO)cc2ccccc2c1O.c1ccc2ccccc2c1. The van der Waals surface area contributed by atoms with E-state index in [1.807, 2.05) is 58.0 Å². The van der Waals surface area contributed by atoms with Crippen LogP contribution in [-0.4, -0.2) is 17.4 Å². The highest BCUT2D eigenvalue weighted by Gasteiger charge is 2.10. The van der Waals surface area contributed by atoms with Crippen molar-refractivity contribution in [3.63, 3.8) is 0 Å². The van der Waals surface area contributed by atoms with Crippen LogP contribution in [0.25, 0.3) is 21.5 Å². The van der Waals surface area contributed by atoms with Crippen LogP contribution in [0.15, 0.2) is 88.9 Å². The molecule has 0 radical (unpaired) electrons. The van der Waals surface area contributed by atoms with Crippen molar-refractivity contribution in [3.05, 3.63) is 84.4 Å². The van der Waals surface area contributed by atoms with Crippen LogP contribution in [0.5, 0.6) is 5.75 Å². The molecular weight excluding hydrogens is 436 g/mol. The molecule has 0 spiro atoms. The number of fused-ring (bicyclic) bond motifs is 2. The average Bonchev–Trinajstić information content (AvgIpc) is 2.89. The predicted octanol–water partition coefficient (Wildman–Crippen LogP) is 8.82. The number of benzene rings is 4. The molecule has 4 aromatic rings. The molecule has 0 saturated heterocycles. The van der Waals surface area contributed by atoms with Gasteiger partial charge in [0.05, 0.1) is 12.0 Å². The molecule has 0 fully saturated rings. The highest BCUT2D eigenvalue weighted by Crippen LogP contribution is 2.36. The van der Waals surface area contributed by atoms with Crippen molar-refractivity contribution in [2.75, 3.05) is 7.05 Å². The molecule has 0 aromatic heterocycles. The normalized spacial score (nSPS) is 9.06. The van der Waals surface area contributed by atoms with Crippen molar-refractivity contribution in [2.45, 2.75) is 39.5 Å². The van der Waals surface area contributed by atoms with Crippen LogP contribution in [0.2, 0.25) is 0 Å². The van der Waals surface area contributed by atoms with Crippen LogP contribution >= 0.6 is 12.0 Å². The predicted molar refractivity (Wildman–Crippen MR) is 139 cm³/mol. The third-order valence-electron chi connectivity index (χ3n) is 4.04. The van der Waals surface area contributed by atoms with Crippen molar-refractivity contribution in [2.24, 2.45) is 5.11 Å². The van der Waals surface area contributed by atoms with Gasteiger partial charge in [0.1, 0.15) is 5.75 Å².